The smallest absolute Gasteiger partial charge is 0.280 e. The molecule has 2 aromatic rings. The Balaban J connectivity index is 1.83. The molecule has 5 atom stereocenters. The molecule has 10 nitrogen and oxygen atoms in total. The summed E-state index contributed by atoms with van der Waals surface area (Å²) in [6, 6.07) is 0. The molecule has 1 aliphatic heterocycles. The number of nitrogens with zero attached hydrogens (tertiary/aromatic N) is 3. The monoisotopic (exact) mass is 295 g/mol. The number of aliphatic hydroxyl groups excluding tert-OH is 3. The van der Waals surface area contributed by atoms with Gasteiger partial charge >= 0.3 is 0 Å². The molecule has 0 bridgehead atoms. The average molecular weight is 295 g/mol. The molecule has 1 aliphatic carbocycles. The SMILES string of the molecule is Nc1nc2c(ncn2[C@@H]2OC3(CC3O)[C@@H](O)[C@H]2O)c(=O)[nH]1. The van der Waals surface area contributed by atoms with Gasteiger partial charge in [0.25, 0.3) is 5.56 Å². The van der Waals surface area contributed by atoms with Gasteiger partial charge < -0.3 is 25.8 Å². The van der Waals surface area contributed by atoms with Gasteiger partial charge in [0.05, 0.1) is 12.4 Å². The maximum absolute atomic E-state index is 11.7. The molecule has 3 heterocycles. The molecule has 1 spiro atoms. The van der Waals surface area contributed by atoms with Crippen LogP contribution in [0, 0.1) is 0 Å². The molecule has 0 radical (unpaired) electrons. The second-order valence-corrected chi connectivity index (χ2v) is 5.39. The molecule has 6 N–H and O–H groups in total. The molecule has 0 aromatic carbocycles. The number of hydrogen-bond acceptors (Lipinski definition) is 8. The summed E-state index contributed by atoms with van der Waals surface area (Å²) < 4.78 is 6.94. The maximum atomic E-state index is 11.7. The molecule has 1 saturated carbocycles. The van der Waals surface area contributed by atoms with Gasteiger partial charge in [-0.1, -0.05) is 0 Å². The molecule has 0 amide bonds. The number of anilines is 1. The number of aromatic amines is 1. The molecule has 2 aliphatic rings. The number of fused-ring (bicyclic) bond motifs is 1. The van der Waals surface area contributed by atoms with E-state index in [-0.39, 0.29) is 23.5 Å². The van der Waals surface area contributed by atoms with Crippen molar-refractivity contribution in [2.75, 3.05) is 5.73 Å². The van der Waals surface area contributed by atoms with Gasteiger partial charge in [-0.15, -0.1) is 0 Å². The lowest BCUT2D eigenvalue weighted by molar-refractivity contribution is -0.0633. The minimum Gasteiger partial charge on any atom is -0.390 e. The quantitative estimate of drug-likeness (QED) is 0.384. The fraction of sp³-hybridized carbons (Fsp3) is 0.545. The van der Waals surface area contributed by atoms with Crippen molar-refractivity contribution in [2.24, 2.45) is 0 Å². The van der Waals surface area contributed by atoms with E-state index in [1.807, 2.05) is 0 Å². The van der Waals surface area contributed by atoms with Gasteiger partial charge in [-0.2, -0.15) is 4.98 Å². The van der Waals surface area contributed by atoms with Gasteiger partial charge in [-0.3, -0.25) is 14.3 Å². The number of aliphatic hydroxyl groups is 3. The topological polar surface area (TPSA) is 160 Å². The number of H-pyrrole nitrogens is 1. The Morgan fingerprint density at radius 3 is 2.81 bits per heavy atom. The van der Waals surface area contributed by atoms with E-state index in [4.69, 9.17) is 10.5 Å². The first-order valence-electron chi connectivity index (χ1n) is 6.38. The third-order valence-electron chi connectivity index (χ3n) is 4.10. The zero-order valence-corrected chi connectivity index (χ0v) is 10.7. The van der Waals surface area contributed by atoms with Crippen LogP contribution in [-0.2, 0) is 4.74 Å². The number of nitrogen functional groups attached to an aromatic ring is 1. The van der Waals surface area contributed by atoms with Crippen molar-refractivity contribution >= 4 is 17.1 Å². The number of rotatable bonds is 1. The van der Waals surface area contributed by atoms with E-state index in [9.17, 15) is 20.1 Å². The minimum atomic E-state index is -1.28. The van der Waals surface area contributed by atoms with Crippen molar-refractivity contribution in [1.29, 1.82) is 0 Å². The highest BCUT2D eigenvalue weighted by Gasteiger charge is 2.69. The predicted octanol–water partition coefficient (Wildman–Crippen LogP) is -2.54. The lowest BCUT2D eigenvalue weighted by atomic mass is 10.1. The molecular weight excluding hydrogens is 282 g/mol. The molecular formula is C11H13N5O5. The van der Waals surface area contributed by atoms with Crippen molar-refractivity contribution in [3.8, 4) is 0 Å². The van der Waals surface area contributed by atoms with Gasteiger partial charge in [-0.25, -0.2) is 4.98 Å². The maximum Gasteiger partial charge on any atom is 0.280 e. The Bertz CT molecular complexity index is 787. The molecule has 1 saturated heterocycles. The number of aromatic nitrogens is 4. The molecule has 10 heteroatoms. The summed E-state index contributed by atoms with van der Waals surface area (Å²) in [6.45, 7) is 0. The molecule has 4 rings (SSSR count). The van der Waals surface area contributed by atoms with E-state index in [0.29, 0.717) is 0 Å². The first-order valence-corrected chi connectivity index (χ1v) is 6.38. The van der Waals surface area contributed by atoms with Crippen LogP contribution in [0.25, 0.3) is 11.2 Å². The number of nitrogens with one attached hydrogen (secondary N) is 1. The summed E-state index contributed by atoms with van der Waals surface area (Å²) in [6.07, 6.45) is -2.82. The van der Waals surface area contributed by atoms with E-state index < -0.39 is 35.7 Å². The van der Waals surface area contributed by atoms with Crippen LogP contribution < -0.4 is 11.3 Å². The summed E-state index contributed by atoms with van der Waals surface area (Å²) in [4.78, 5) is 21.9. The first kappa shape index (κ1) is 12.7. The van der Waals surface area contributed by atoms with Gasteiger partial charge in [0.2, 0.25) is 5.95 Å². The average Bonchev–Trinajstić information content (AvgIpc) is 2.77. The summed E-state index contributed by atoms with van der Waals surface area (Å²) in [5.74, 6) is -0.0940. The highest BCUT2D eigenvalue weighted by Crippen LogP contribution is 2.53. The lowest BCUT2D eigenvalue weighted by Gasteiger charge is -2.16. The van der Waals surface area contributed by atoms with Crippen LogP contribution >= 0.6 is 0 Å². The van der Waals surface area contributed by atoms with Crippen LogP contribution in [0.3, 0.4) is 0 Å². The molecule has 2 unspecified atom stereocenters. The number of imidazole rings is 1. The van der Waals surface area contributed by atoms with Crippen LogP contribution in [-0.4, -0.2) is 58.8 Å². The van der Waals surface area contributed by atoms with E-state index >= 15 is 0 Å². The third kappa shape index (κ3) is 1.52. The molecule has 2 fully saturated rings. The Kier molecular flexibility index (Phi) is 2.30. The summed E-state index contributed by atoms with van der Waals surface area (Å²) in [5, 5.41) is 29.8. The Labute approximate surface area is 116 Å². The van der Waals surface area contributed by atoms with Crippen molar-refractivity contribution < 1.29 is 20.1 Å². The largest absolute Gasteiger partial charge is 0.390 e. The lowest BCUT2D eigenvalue weighted by Crippen LogP contribution is -2.34. The Morgan fingerprint density at radius 2 is 2.19 bits per heavy atom. The highest BCUT2D eigenvalue weighted by molar-refractivity contribution is 5.70. The molecule has 2 aromatic heterocycles. The fourth-order valence-electron chi connectivity index (χ4n) is 2.85. The summed E-state index contributed by atoms with van der Waals surface area (Å²) in [7, 11) is 0. The van der Waals surface area contributed by atoms with Crippen molar-refractivity contribution in [1.82, 2.24) is 19.5 Å². The molecule has 21 heavy (non-hydrogen) atoms. The molecule has 112 valence electrons. The van der Waals surface area contributed by atoms with Crippen LogP contribution in [0.2, 0.25) is 0 Å². The van der Waals surface area contributed by atoms with Gasteiger partial charge in [0.15, 0.2) is 17.4 Å². The van der Waals surface area contributed by atoms with Crippen LogP contribution in [0.1, 0.15) is 12.6 Å². The van der Waals surface area contributed by atoms with Gasteiger partial charge in [0.1, 0.15) is 17.8 Å². The minimum absolute atomic E-state index is 0.0479. The number of hydrogen-bond donors (Lipinski definition) is 5. The van der Waals surface area contributed by atoms with Crippen LogP contribution in [0.4, 0.5) is 5.95 Å². The second kappa shape index (κ2) is 3.80. The van der Waals surface area contributed by atoms with Crippen molar-refractivity contribution in [2.45, 2.75) is 36.6 Å². The van der Waals surface area contributed by atoms with E-state index in [2.05, 4.69) is 15.0 Å². The number of ether oxygens (including phenoxy) is 1. The summed E-state index contributed by atoms with van der Waals surface area (Å²) >= 11 is 0. The predicted molar refractivity (Wildman–Crippen MR) is 68.1 cm³/mol. The van der Waals surface area contributed by atoms with E-state index in [1.54, 1.807) is 0 Å². The zero-order valence-electron chi connectivity index (χ0n) is 10.7. The zero-order chi connectivity index (χ0) is 14.9. The van der Waals surface area contributed by atoms with Crippen molar-refractivity contribution in [3.63, 3.8) is 0 Å². The second-order valence-electron chi connectivity index (χ2n) is 5.39. The van der Waals surface area contributed by atoms with E-state index in [1.165, 1.54) is 10.9 Å². The van der Waals surface area contributed by atoms with Crippen LogP contribution in [0.5, 0.6) is 0 Å². The van der Waals surface area contributed by atoms with Gasteiger partial charge in [-0.05, 0) is 0 Å². The fourth-order valence-corrected chi connectivity index (χ4v) is 2.85. The van der Waals surface area contributed by atoms with Gasteiger partial charge in [0, 0.05) is 6.42 Å². The highest BCUT2D eigenvalue weighted by atomic mass is 16.6. The Morgan fingerprint density at radius 1 is 1.48 bits per heavy atom. The Hall–Kier alpha value is -2.01. The third-order valence-corrected chi connectivity index (χ3v) is 4.10. The normalized spacial score (nSPS) is 38.4. The number of nitrogens with two attached hydrogens (primary N) is 1. The standard InChI is InChI=1S/C11H13N5O5/c12-10-14-7-4(8(20)15-10)13-2-16(7)9-5(18)6(19)11(21-9)1-3(11)17/h2-3,5-6,9,17-19H,1H2,(H3,12,14,15,20)/t3?,5-,6+,9-,11?/m1/s1. The first-order chi connectivity index (χ1) is 9.94. The van der Waals surface area contributed by atoms with Crippen LogP contribution in [0.15, 0.2) is 11.1 Å². The summed E-state index contributed by atoms with van der Waals surface area (Å²) in [5.41, 5.74) is 4.02. The van der Waals surface area contributed by atoms with E-state index in [0.717, 1.165) is 0 Å². The van der Waals surface area contributed by atoms with Crippen molar-refractivity contribution in [3.05, 3.63) is 16.7 Å².